The number of aliphatic carboxylic acids is 1. The quantitative estimate of drug-likeness (QED) is 0.362. The molecule has 0 amide bonds. The summed E-state index contributed by atoms with van der Waals surface area (Å²) >= 11 is 0. The lowest BCUT2D eigenvalue weighted by Crippen LogP contribution is -2.37. The smallest absolute Gasteiger partial charge is 0.475 e. The van der Waals surface area contributed by atoms with Gasteiger partial charge in [0.2, 0.25) is 0 Å². The summed E-state index contributed by atoms with van der Waals surface area (Å²) in [5, 5.41) is 10.2. The van der Waals surface area contributed by atoms with Crippen molar-refractivity contribution in [2.75, 3.05) is 18.5 Å². The molecule has 1 atom stereocenters. The summed E-state index contributed by atoms with van der Waals surface area (Å²) < 4.78 is 36.9. The van der Waals surface area contributed by atoms with Crippen molar-refractivity contribution < 1.29 is 42.2 Å². The number of hydrogen-bond donors (Lipinski definition) is 3. The Balaban J connectivity index is 0.000000509. The minimum atomic E-state index is -5.08. The lowest BCUT2D eigenvalue weighted by Gasteiger charge is -2.21. The molecule has 0 aromatic heterocycles. The molecule has 0 saturated carbocycles. The summed E-state index contributed by atoms with van der Waals surface area (Å²) in [6, 6.07) is 11.2. The number of anilines is 1. The van der Waals surface area contributed by atoms with E-state index in [0.717, 1.165) is 0 Å². The van der Waals surface area contributed by atoms with Gasteiger partial charge in [-0.3, -0.25) is 14.4 Å². The molecule has 0 unspecified atom stereocenters. The fourth-order valence-corrected chi connectivity index (χ4v) is 3.00. The number of ether oxygens (including phenoxy) is 1. The first-order valence-electron chi connectivity index (χ1n) is 10.1. The van der Waals surface area contributed by atoms with Crippen molar-refractivity contribution in [3.63, 3.8) is 0 Å². The zero-order valence-corrected chi connectivity index (χ0v) is 18.3. The molecule has 0 fully saturated rings. The largest absolute Gasteiger partial charge is 0.490 e. The molecule has 0 radical (unpaired) electrons. The molecule has 34 heavy (non-hydrogen) atoms. The van der Waals surface area contributed by atoms with Gasteiger partial charge in [0.25, 0.3) is 0 Å². The highest BCUT2D eigenvalue weighted by Gasteiger charge is 2.38. The van der Waals surface area contributed by atoms with Crippen LogP contribution in [0, 0.1) is 5.92 Å². The van der Waals surface area contributed by atoms with Crippen molar-refractivity contribution in [3.05, 3.63) is 64.7 Å². The summed E-state index contributed by atoms with van der Waals surface area (Å²) in [5.74, 6) is -3.58. The number of rotatable bonds is 6. The van der Waals surface area contributed by atoms with Gasteiger partial charge in [0, 0.05) is 28.9 Å². The van der Waals surface area contributed by atoms with Gasteiger partial charge in [-0.1, -0.05) is 50.2 Å². The zero-order valence-electron chi connectivity index (χ0n) is 18.3. The van der Waals surface area contributed by atoms with E-state index in [1.165, 1.54) is 0 Å². The molecule has 8 nitrogen and oxygen atoms in total. The first-order chi connectivity index (χ1) is 15.9. The van der Waals surface area contributed by atoms with Gasteiger partial charge in [-0.25, -0.2) is 4.79 Å². The van der Waals surface area contributed by atoms with Crippen LogP contribution < -0.4 is 11.1 Å². The summed E-state index contributed by atoms with van der Waals surface area (Å²) in [6.07, 6.45) is -5.08. The van der Waals surface area contributed by atoms with Gasteiger partial charge in [-0.05, 0) is 12.0 Å². The van der Waals surface area contributed by atoms with E-state index in [1.54, 1.807) is 42.5 Å². The maximum absolute atomic E-state index is 12.9. The molecule has 0 aliphatic heterocycles. The van der Waals surface area contributed by atoms with Crippen molar-refractivity contribution in [2.45, 2.75) is 26.1 Å². The molecule has 0 heterocycles. The predicted molar refractivity (Wildman–Crippen MR) is 116 cm³/mol. The van der Waals surface area contributed by atoms with E-state index in [-0.39, 0.29) is 24.1 Å². The summed E-state index contributed by atoms with van der Waals surface area (Å²) in [5.41, 5.74) is 7.84. The second-order valence-electron chi connectivity index (χ2n) is 7.60. The number of nitrogens with one attached hydrogen (secondary N) is 1. The van der Waals surface area contributed by atoms with E-state index in [9.17, 15) is 27.6 Å². The van der Waals surface area contributed by atoms with Gasteiger partial charge >= 0.3 is 18.1 Å². The number of hydrogen-bond acceptors (Lipinski definition) is 7. The van der Waals surface area contributed by atoms with Crippen LogP contribution >= 0.6 is 0 Å². The number of carboxylic acid groups (broad SMARTS) is 1. The van der Waals surface area contributed by atoms with Gasteiger partial charge in [-0.2, -0.15) is 13.2 Å². The molecular formula is C23H23F3N2O6. The standard InChI is InChI=1S/C21H22N2O4.C2HF3O2/c1-12(2)18(22)21(26)27-11-10-23-16-9-5-8-15-17(16)20(25)14-7-4-3-6-13(14)19(15)24;3-2(4,5)1(6)7/h3-9,12,18,23H,10-11,22H2,1-2H3;(H,6,7)/t18-;/m0./s1. The highest BCUT2D eigenvalue weighted by molar-refractivity contribution is 6.30. The van der Waals surface area contributed by atoms with Crippen LogP contribution in [0.15, 0.2) is 42.5 Å². The van der Waals surface area contributed by atoms with Crippen molar-refractivity contribution in [3.8, 4) is 0 Å². The molecular weight excluding hydrogens is 457 g/mol. The number of esters is 1. The first kappa shape index (κ1) is 26.5. The Hall–Kier alpha value is -3.73. The average Bonchev–Trinajstić information content (AvgIpc) is 2.79. The van der Waals surface area contributed by atoms with Gasteiger partial charge < -0.3 is 20.9 Å². The Morgan fingerprint density at radius 2 is 1.53 bits per heavy atom. The Kier molecular flexibility index (Phi) is 8.52. The monoisotopic (exact) mass is 480 g/mol. The average molecular weight is 480 g/mol. The number of ketones is 2. The number of benzene rings is 2. The minimum absolute atomic E-state index is 0.00435. The molecule has 0 bridgehead atoms. The zero-order chi connectivity index (χ0) is 25.6. The number of alkyl halides is 3. The maximum atomic E-state index is 12.9. The van der Waals surface area contributed by atoms with Gasteiger partial charge in [0.1, 0.15) is 12.6 Å². The minimum Gasteiger partial charge on any atom is -0.475 e. The van der Waals surface area contributed by atoms with Crippen LogP contribution in [-0.2, 0) is 14.3 Å². The lowest BCUT2D eigenvalue weighted by molar-refractivity contribution is -0.192. The van der Waals surface area contributed by atoms with Crippen molar-refractivity contribution in [1.29, 1.82) is 0 Å². The van der Waals surface area contributed by atoms with E-state index in [0.29, 0.717) is 34.5 Å². The second-order valence-corrected chi connectivity index (χ2v) is 7.60. The first-order valence-corrected chi connectivity index (χ1v) is 10.1. The molecule has 2 aromatic rings. The number of halogens is 3. The molecule has 4 N–H and O–H groups in total. The fourth-order valence-electron chi connectivity index (χ4n) is 3.00. The predicted octanol–water partition coefficient (Wildman–Crippen LogP) is 3.03. The van der Waals surface area contributed by atoms with Crippen molar-refractivity contribution in [1.82, 2.24) is 0 Å². The third kappa shape index (κ3) is 6.19. The highest BCUT2D eigenvalue weighted by atomic mass is 19.4. The third-order valence-corrected chi connectivity index (χ3v) is 4.85. The van der Waals surface area contributed by atoms with Crippen LogP contribution in [0.1, 0.15) is 45.7 Å². The summed E-state index contributed by atoms with van der Waals surface area (Å²) in [4.78, 5) is 46.3. The van der Waals surface area contributed by atoms with E-state index in [2.05, 4.69) is 5.32 Å². The summed E-state index contributed by atoms with van der Waals surface area (Å²) in [7, 11) is 0. The van der Waals surface area contributed by atoms with Gasteiger partial charge in [-0.15, -0.1) is 0 Å². The normalized spacial score (nSPS) is 13.3. The van der Waals surface area contributed by atoms with Crippen LogP contribution in [-0.4, -0.2) is 54.0 Å². The van der Waals surface area contributed by atoms with E-state index in [4.69, 9.17) is 20.4 Å². The van der Waals surface area contributed by atoms with Crippen LogP contribution in [0.2, 0.25) is 0 Å². The number of carbonyl (C=O) groups is 4. The molecule has 11 heteroatoms. The van der Waals surface area contributed by atoms with Crippen molar-refractivity contribution >= 4 is 29.2 Å². The number of carbonyl (C=O) groups excluding carboxylic acids is 3. The van der Waals surface area contributed by atoms with E-state index in [1.807, 2.05) is 13.8 Å². The number of carboxylic acids is 1. The lowest BCUT2D eigenvalue weighted by atomic mass is 9.83. The van der Waals surface area contributed by atoms with Crippen LogP contribution in [0.4, 0.5) is 18.9 Å². The Morgan fingerprint density at radius 3 is 2.06 bits per heavy atom. The molecule has 0 spiro atoms. The number of nitrogens with two attached hydrogens (primary N) is 1. The fraction of sp³-hybridized carbons (Fsp3) is 0.304. The van der Waals surface area contributed by atoms with E-state index < -0.39 is 24.2 Å². The third-order valence-electron chi connectivity index (χ3n) is 4.85. The molecule has 0 saturated heterocycles. The van der Waals surface area contributed by atoms with E-state index >= 15 is 0 Å². The molecule has 1 aliphatic rings. The second kappa shape index (κ2) is 10.9. The molecule has 182 valence electrons. The molecule has 1 aliphatic carbocycles. The Bertz CT molecular complexity index is 1100. The van der Waals surface area contributed by atoms with Crippen molar-refractivity contribution in [2.24, 2.45) is 11.7 Å². The SMILES string of the molecule is CC(C)[C@H](N)C(=O)OCCNc1cccc2c1C(=O)c1ccccc1C2=O.O=C(O)C(F)(F)F. The molecule has 2 aromatic carbocycles. The Labute approximate surface area is 192 Å². The van der Waals surface area contributed by atoms with Gasteiger partial charge in [0.05, 0.1) is 5.56 Å². The topological polar surface area (TPSA) is 136 Å². The van der Waals surface area contributed by atoms with Crippen LogP contribution in [0.5, 0.6) is 0 Å². The van der Waals surface area contributed by atoms with Gasteiger partial charge in [0.15, 0.2) is 11.6 Å². The van der Waals surface area contributed by atoms with Crippen LogP contribution in [0.25, 0.3) is 0 Å². The maximum Gasteiger partial charge on any atom is 0.490 e. The van der Waals surface area contributed by atoms with Crippen LogP contribution in [0.3, 0.4) is 0 Å². The molecule has 3 rings (SSSR count). The highest BCUT2D eigenvalue weighted by Crippen LogP contribution is 2.31. The summed E-state index contributed by atoms with van der Waals surface area (Å²) in [6.45, 7) is 4.11. The Morgan fingerprint density at radius 1 is 1.00 bits per heavy atom. The number of fused-ring (bicyclic) bond motifs is 2.